The third-order valence-corrected chi connectivity index (χ3v) is 3.64. The van der Waals surface area contributed by atoms with Crippen LogP contribution in [0.25, 0.3) is 0 Å². The largest absolute Gasteiger partial charge is 0.475 e. The average Bonchev–Trinajstić information content (AvgIpc) is 2.83. The molecule has 5 nitrogen and oxygen atoms in total. The fraction of sp³-hybridized carbons (Fsp3) is 0.250. The van der Waals surface area contributed by atoms with Crippen LogP contribution in [0.15, 0.2) is 18.3 Å². The van der Waals surface area contributed by atoms with Gasteiger partial charge in [0.2, 0.25) is 5.88 Å². The van der Waals surface area contributed by atoms with Crippen molar-refractivity contribution in [2.45, 2.75) is 6.18 Å². The van der Waals surface area contributed by atoms with Crippen LogP contribution in [0.1, 0.15) is 11.1 Å². The summed E-state index contributed by atoms with van der Waals surface area (Å²) in [6, 6.07) is 3.97. The Morgan fingerprint density at radius 3 is 2.91 bits per heavy atom. The van der Waals surface area contributed by atoms with Gasteiger partial charge in [-0.15, -0.1) is 0 Å². The Morgan fingerprint density at radius 1 is 1.45 bits per heavy atom. The van der Waals surface area contributed by atoms with E-state index < -0.39 is 17.6 Å². The lowest BCUT2D eigenvalue weighted by Gasteiger charge is -2.12. The SMILES string of the molecule is N#Cc1c(Cl)nsc1NCCOc1ncccc1C(F)(F)F. The van der Waals surface area contributed by atoms with Gasteiger partial charge < -0.3 is 10.1 Å². The molecule has 0 saturated carbocycles. The van der Waals surface area contributed by atoms with Gasteiger partial charge in [-0.05, 0) is 23.7 Å². The zero-order valence-corrected chi connectivity index (χ0v) is 12.4. The van der Waals surface area contributed by atoms with E-state index in [2.05, 4.69) is 14.7 Å². The molecule has 0 aromatic carbocycles. The molecular weight excluding hydrogens is 341 g/mol. The van der Waals surface area contributed by atoms with E-state index in [0.717, 1.165) is 17.6 Å². The van der Waals surface area contributed by atoms with Crippen molar-refractivity contribution in [1.82, 2.24) is 9.36 Å². The number of pyridine rings is 1. The molecule has 0 bridgehead atoms. The number of ether oxygens (including phenoxy) is 1. The Hall–Kier alpha value is -2.05. The molecule has 2 aromatic rings. The zero-order chi connectivity index (χ0) is 16.2. The van der Waals surface area contributed by atoms with Crippen molar-refractivity contribution >= 4 is 28.1 Å². The predicted octanol–water partition coefficient (Wildman–Crippen LogP) is 3.57. The summed E-state index contributed by atoms with van der Waals surface area (Å²) in [6.07, 6.45) is -3.31. The molecule has 116 valence electrons. The molecule has 1 N–H and O–H groups in total. The molecule has 2 heterocycles. The molecule has 0 saturated heterocycles. The molecule has 0 unspecified atom stereocenters. The van der Waals surface area contributed by atoms with Crippen molar-refractivity contribution in [3.05, 3.63) is 34.6 Å². The van der Waals surface area contributed by atoms with E-state index in [1.54, 1.807) is 0 Å². The summed E-state index contributed by atoms with van der Waals surface area (Å²) >= 11 is 6.68. The van der Waals surface area contributed by atoms with Crippen LogP contribution in [0.3, 0.4) is 0 Å². The van der Waals surface area contributed by atoms with Crippen molar-refractivity contribution in [3.8, 4) is 11.9 Å². The highest BCUT2D eigenvalue weighted by Gasteiger charge is 2.34. The first-order valence-corrected chi connectivity index (χ1v) is 7.02. The van der Waals surface area contributed by atoms with E-state index in [1.807, 2.05) is 6.07 Å². The molecule has 0 spiro atoms. The topological polar surface area (TPSA) is 70.8 Å². The molecule has 2 rings (SSSR count). The van der Waals surface area contributed by atoms with E-state index in [4.69, 9.17) is 21.6 Å². The number of rotatable bonds is 5. The number of hydrogen-bond donors (Lipinski definition) is 1. The molecular formula is C12H8ClF3N4OS. The van der Waals surface area contributed by atoms with Gasteiger partial charge in [0.1, 0.15) is 28.8 Å². The molecule has 22 heavy (non-hydrogen) atoms. The number of alkyl halides is 3. The summed E-state index contributed by atoms with van der Waals surface area (Å²) < 4.78 is 47.0. The molecule has 2 aromatic heterocycles. The lowest BCUT2D eigenvalue weighted by Crippen LogP contribution is -2.15. The first kappa shape index (κ1) is 16.3. The van der Waals surface area contributed by atoms with Crippen LogP contribution in [-0.4, -0.2) is 22.5 Å². The molecule has 0 atom stereocenters. The van der Waals surface area contributed by atoms with Crippen LogP contribution < -0.4 is 10.1 Å². The Labute approximate surface area is 132 Å². The fourth-order valence-corrected chi connectivity index (χ4v) is 2.48. The number of anilines is 1. The third kappa shape index (κ3) is 3.78. The number of halogens is 4. The molecule has 0 radical (unpaired) electrons. The smallest absolute Gasteiger partial charge is 0.421 e. The van der Waals surface area contributed by atoms with Crippen molar-refractivity contribution in [2.24, 2.45) is 0 Å². The first-order valence-electron chi connectivity index (χ1n) is 5.87. The van der Waals surface area contributed by atoms with Gasteiger partial charge in [0.15, 0.2) is 5.15 Å². The minimum atomic E-state index is -4.53. The monoisotopic (exact) mass is 348 g/mol. The van der Waals surface area contributed by atoms with Crippen molar-refractivity contribution in [2.75, 3.05) is 18.5 Å². The van der Waals surface area contributed by atoms with E-state index in [1.165, 1.54) is 12.3 Å². The van der Waals surface area contributed by atoms with Gasteiger partial charge in [0.05, 0.1) is 0 Å². The minimum Gasteiger partial charge on any atom is -0.475 e. The maximum Gasteiger partial charge on any atom is 0.421 e. The standard InChI is InChI=1S/C12H8ClF3N4OS/c13-9-7(6-17)11(22-20-9)19-4-5-21-10-8(12(14,15)16)2-1-3-18-10/h1-3,19H,4-5H2. The second-order valence-electron chi connectivity index (χ2n) is 3.92. The number of nitrogens with one attached hydrogen (secondary N) is 1. The van der Waals surface area contributed by atoms with Gasteiger partial charge in [-0.25, -0.2) is 4.98 Å². The second kappa shape index (κ2) is 6.81. The molecule has 10 heteroatoms. The Balaban J connectivity index is 1.94. The van der Waals surface area contributed by atoms with Crippen LogP contribution in [0.4, 0.5) is 18.2 Å². The van der Waals surface area contributed by atoms with E-state index in [9.17, 15) is 13.2 Å². The number of aromatic nitrogens is 2. The van der Waals surface area contributed by atoms with Crippen molar-refractivity contribution in [1.29, 1.82) is 5.26 Å². The van der Waals surface area contributed by atoms with Crippen molar-refractivity contribution < 1.29 is 17.9 Å². The average molecular weight is 349 g/mol. The van der Waals surface area contributed by atoms with Crippen LogP contribution in [-0.2, 0) is 6.18 Å². The highest BCUT2D eigenvalue weighted by atomic mass is 35.5. The predicted molar refractivity (Wildman–Crippen MR) is 75.1 cm³/mol. The summed E-state index contributed by atoms with van der Waals surface area (Å²) in [5.41, 5.74) is -0.742. The minimum absolute atomic E-state index is 0.0690. The van der Waals surface area contributed by atoms with Crippen molar-refractivity contribution in [3.63, 3.8) is 0 Å². The van der Waals surface area contributed by atoms with Crippen LogP contribution in [0.2, 0.25) is 5.15 Å². The van der Waals surface area contributed by atoms with Crippen LogP contribution in [0.5, 0.6) is 5.88 Å². The van der Waals surface area contributed by atoms with Crippen LogP contribution in [0, 0.1) is 11.3 Å². The molecule has 0 fully saturated rings. The summed E-state index contributed by atoms with van der Waals surface area (Å²) in [5.74, 6) is -0.486. The summed E-state index contributed by atoms with van der Waals surface area (Å²) in [7, 11) is 0. The molecule has 0 aliphatic carbocycles. The normalized spacial score (nSPS) is 11.0. The van der Waals surface area contributed by atoms with Gasteiger partial charge in [-0.1, -0.05) is 11.6 Å². The maximum absolute atomic E-state index is 12.7. The number of nitriles is 1. The zero-order valence-electron chi connectivity index (χ0n) is 10.8. The lowest BCUT2D eigenvalue weighted by atomic mass is 10.2. The van der Waals surface area contributed by atoms with E-state index >= 15 is 0 Å². The fourth-order valence-electron chi connectivity index (χ4n) is 1.52. The molecule has 0 aliphatic rings. The quantitative estimate of drug-likeness (QED) is 0.836. The molecule has 0 aliphatic heterocycles. The maximum atomic E-state index is 12.7. The van der Waals surface area contributed by atoms with Gasteiger partial charge in [-0.3, -0.25) is 0 Å². The Bertz CT molecular complexity index is 698. The highest BCUT2D eigenvalue weighted by Crippen LogP contribution is 2.34. The summed E-state index contributed by atoms with van der Waals surface area (Å²) in [4.78, 5) is 3.57. The second-order valence-corrected chi connectivity index (χ2v) is 5.05. The van der Waals surface area contributed by atoms with E-state index in [0.29, 0.717) is 5.00 Å². The van der Waals surface area contributed by atoms with Gasteiger partial charge in [0.25, 0.3) is 0 Å². The molecule has 0 amide bonds. The van der Waals surface area contributed by atoms with Gasteiger partial charge in [-0.2, -0.15) is 22.8 Å². The lowest BCUT2D eigenvalue weighted by molar-refractivity contribution is -0.139. The highest BCUT2D eigenvalue weighted by molar-refractivity contribution is 7.10. The first-order chi connectivity index (χ1) is 10.4. The van der Waals surface area contributed by atoms with Crippen LogP contribution >= 0.6 is 23.1 Å². The summed E-state index contributed by atoms with van der Waals surface area (Å²) in [6.45, 7) is 0.0988. The summed E-state index contributed by atoms with van der Waals surface area (Å²) in [5, 5.41) is 12.2. The van der Waals surface area contributed by atoms with E-state index in [-0.39, 0.29) is 23.9 Å². The third-order valence-electron chi connectivity index (χ3n) is 2.47. The van der Waals surface area contributed by atoms with Gasteiger partial charge in [0, 0.05) is 12.7 Å². The number of hydrogen-bond acceptors (Lipinski definition) is 6. The Kier molecular flexibility index (Phi) is 5.05. The number of nitrogens with zero attached hydrogens (tertiary/aromatic N) is 3. The Morgan fingerprint density at radius 2 is 2.23 bits per heavy atom. The van der Waals surface area contributed by atoms with Gasteiger partial charge >= 0.3 is 6.18 Å².